The highest BCUT2D eigenvalue weighted by Gasteiger charge is 2.36. The summed E-state index contributed by atoms with van der Waals surface area (Å²) in [6.07, 6.45) is -3.11. The lowest BCUT2D eigenvalue weighted by atomic mass is 9.85. The number of rotatable bonds is 7. The molecule has 2 fully saturated rings. The Morgan fingerprint density at radius 1 is 1.09 bits per heavy atom. The molecule has 2 amide bonds. The zero-order valence-electron chi connectivity index (χ0n) is 17.7. The van der Waals surface area contributed by atoms with Crippen molar-refractivity contribution in [2.24, 2.45) is 5.92 Å². The number of ether oxygens (including phenoxy) is 2. The van der Waals surface area contributed by atoms with Crippen LogP contribution < -0.4 is 20.7 Å². The number of hydrogen-bond acceptors (Lipinski definition) is 5. The monoisotopic (exact) mass is 495 g/mol. The number of carbonyl (C=O) groups is 2. The van der Waals surface area contributed by atoms with Gasteiger partial charge in [-0.25, -0.2) is 4.39 Å². The van der Waals surface area contributed by atoms with Crippen molar-refractivity contribution in [2.75, 3.05) is 13.2 Å². The molecule has 33 heavy (non-hydrogen) atoms. The zero-order chi connectivity index (χ0) is 24.0. The first-order valence-electron chi connectivity index (χ1n) is 10.7. The standard InChI is InChI=1S/C21H26ClF4N3O4/c22-16-7-5-14(9-17(16)23)32-11-19(30)28-13-3-1-12(2-4-13)20(31)29-18-8-6-15(10-27-18)33-21(24,25)26/h5,7,9,12-13,15,18,27H,1-4,6,8,10-11H2,(H,28,30)(H,29,31). The molecule has 7 nitrogen and oxygen atoms in total. The van der Waals surface area contributed by atoms with Crippen LogP contribution in [0.15, 0.2) is 18.2 Å². The Morgan fingerprint density at radius 3 is 2.42 bits per heavy atom. The van der Waals surface area contributed by atoms with Gasteiger partial charge in [-0.05, 0) is 50.7 Å². The molecule has 0 bridgehead atoms. The maximum absolute atomic E-state index is 13.4. The molecule has 3 N–H and O–H groups in total. The molecule has 1 saturated carbocycles. The van der Waals surface area contributed by atoms with Gasteiger partial charge in [0.2, 0.25) is 5.91 Å². The Balaban J connectivity index is 1.32. The fraction of sp³-hybridized carbons (Fsp3) is 0.619. The fourth-order valence-electron chi connectivity index (χ4n) is 4.02. The number of benzene rings is 1. The van der Waals surface area contributed by atoms with Crippen LogP contribution in [0.2, 0.25) is 5.02 Å². The maximum atomic E-state index is 13.4. The smallest absolute Gasteiger partial charge is 0.484 e. The minimum absolute atomic E-state index is 0.00790. The molecule has 184 valence electrons. The van der Waals surface area contributed by atoms with Gasteiger partial charge in [-0.1, -0.05) is 11.6 Å². The van der Waals surface area contributed by atoms with E-state index in [0.29, 0.717) is 32.1 Å². The number of nitrogens with one attached hydrogen (secondary N) is 3. The van der Waals surface area contributed by atoms with E-state index in [1.807, 2.05) is 0 Å². The highest BCUT2D eigenvalue weighted by atomic mass is 35.5. The molecule has 0 radical (unpaired) electrons. The summed E-state index contributed by atoms with van der Waals surface area (Å²) in [5, 5.41) is 8.52. The average Bonchev–Trinajstić information content (AvgIpc) is 2.75. The molecule has 1 saturated heterocycles. The quantitative estimate of drug-likeness (QED) is 0.505. The number of amides is 2. The van der Waals surface area contributed by atoms with Crippen molar-refractivity contribution >= 4 is 23.4 Å². The molecule has 1 aliphatic carbocycles. The number of alkyl halides is 3. The third-order valence-electron chi connectivity index (χ3n) is 5.71. The highest BCUT2D eigenvalue weighted by molar-refractivity contribution is 6.30. The van der Waals surface area contributed by atoms with Crippen LogP contribution in [0, 0.1) is 11.7 Å². The van der Waals surface area contributed by atoms with Crippen LogP contribution in [0.1, 0.15) is 38.5 Å². The molecule has 2 aliphatic rings. The van der Waals surface area contributed by atoms with Gasteiger partial charge >= 0.3 is 6.36 Å². The van der Waals surface area contributed by atoms with Gasteiger partial charge in [0.05, 0.1) is 17.3 Å². The van der Waals surface area contributed by atoms with E-state index in [-0.39, 0.29) is 54.1 Å². The van der Waals surface area contributed by atoms with E-state index in [9.17, 15) is 27.2 Å². The lowest BCUT2D eigenvalue weighted by Gasteiger charge is -2.33. The molecule has 12 heteroatoms. The van der Waals surface area contributed by atoms with Gasteiger partial charge in [0.1, 0.15) is 11.6 Å². The molecule has 0 aromatic heterocycles. The van der Waals surface area contributed by atoms with Crippen LogP contribution in [0.3, 0.4) is 0 Å². The molecule has 1 heterocycles. The van der Waals surface area contributed by atoms with E-state index >= 15 is 0 Å². The summed E-state index contributed by atoms with van der Waals surface area (Å²) in [6, 6.07) is 3.81. The van der Waals surface area contributed by atoms with Crippen molar-refractivity contribution in [2.45, 2.75) is 63.2 Å². The topological polar surface area (TPSA) is 88.7 Å². The number of piperidine rings is 1. The minimum atomic E-state index is -4.67. The summed E-state index contributed by atoms with van der Waals surface area (Å²) < 4.78 is 59.5. The predicted octanol–water partition coefficient (Wildman–Crippen LogP) is 3.26. The lowest BCUT2D eigenvalue weighted by Crippen LogP contribution is -2.54. The van der Waals surface area contributed by atoms with E-state index in [1.54, 1.807) is 0 Å². The molecule has 0 spiro atoms. The number of halogens is 5. The van der Waals surface area contributed by atoms with Gasteiger partial charge in [-0.3, -0.25) is 19.6 Å². The van der Waals surface area contributed by atoms with Crippen LogP contribution in [-0.4, -0.2) is 49.6 Å². The Bertz CT molecular complexity index is 826. The minimum Gasteiger partial charge on any atom is -0.484 e. The first-order valence-corrected chi connectivity index (χ1v) is 11.1. The Kier molecular flexibility index (Phi) is 8.77. The summed E-state index contributed by atoms with van der Waals surface area (Å²) in [5.41, 5.74) is 0. The maximum Gasteiger partial charge on any atom is 0.522 e. The summed E-state index contributed by atoms with van der Waals surface area (Å²) in [7, 11) is 0. The van der Waals surface area contributed by atoms with E-state index < -0.39 is 24.4 Å². The van der Waals surface area contributed by atoms with Crippen molar-refractivity contribution < 1.29 is 36.6 Å². The van der Waals surface area contributed by atoms with Crippen molar-refractivity contribution in [1.29, 1.82) is 0 Å². The molecule has 1 aromatic rings. The third-order valence-corrected chi connectivity index (χ3v) is 6.02. The Morgan fingerprint density at radius 2 is 1.82 bits per heavy atom. The lowest BCUT2D eigenvalue weighted by molar-refractivity contribution is -0.344. The number of carbonyl (C=O) groups excluding carboxylic acids is 2. The van der Waals surface area contributed by atoms with Crippen LogP contribution in [0.25, 0.3) is 0 Å². The Hall–Kier alpha value is -2.11. The van der Waals surface area contributed by atoms with E-state index in [2.05, 4.69) is 20.7 Å². The second-order valence-electron chi connectivity index (χ2n) is 8.21. The SMILES string of the molecule is O=C(COc1ccc(Cl)c(F)c1)NC1CCC(C(=O)NC2CCC(OC(F)(F)F)CN2)CC1. The van der Waals surface area contributed by atoms with Gasteiger partial charge in [-0.15, -0.1) is 13.2 Å². The average molecular weight is 496 g/mol. The van der Waals surface area contributed by atoms with E-state index in [0.717, 1.165) is 6.07 Å². The van der Waals surface area contributed by atoms with Crippen LogP contribution in [-0.2, 0) is 14.3 Å². The van der Waals surface area contributed by atoms with Crippen molar-refractivity contribution in [3.05, 3.63) is 29.0 Å². The second-order valence-corrected chi connectivity index (χ2v) is 8.62. The molecule has 2 atom stereocenters. The van der Waals surface area contributed by atoms with E-state index in [1.165, 1.54) is 12.1 Å². The van der Waals surface area contributed by atoms with Gasteiger partial charge in [-0.2, -0.15) is 0 Å². The first kappa shape index (κ1) is 25.5. The van der Waals surface area contributed by atoms with Crippen molar-refractivity contribution in [3.63, 3.8) is 0 Å². The van der Waals surface area contributed by atoms with Crippen LogP contribution in [0.5, 0.6) is 5.75 Å². The first-order chi connectivity index (χ1) is 15.6. The largest absolute Gasteiger partial charge is 0.522 e. The van der Waals surface area contributed by atoms with Gasteiger partial charge in [0.15, 0.2) is 6.61 Å². The van der Waals surface area contributed by atoms with Crippen LogP contribution in [0.4, 0.5) is 17.6 Å². The highest BCUT2D eigenvalue weighted by Crippen LogP contribution is 2.26. The van der Waals surface area contributed by atoms with Gasteiger partial charge in [0, 0.05) is 24.6 Å². The van der Waals surface area contributed by atoms with Gasteiger partial charge < -0.3 is 15.4 Å². The summed E-state index contributed by atoms with van der Waals surface area (Å²) >= 11 is 5.60. The molecule has 1 aromatic carbocycles. The third kappa shape index (κ3) is 8.31. The summed E-state index contributed by atoms with van der Waals surface area (Å²) in [4.78, 5) is 24.6. The summed E-state index contributed by atoms with van der Waals surface area (Å²) in [6.45, 7) is -0.262. The molecule has 3 rings (SSSR count). The second kappa shape index (κ2) is 11.3. The summed E-state index contributed by atoms with van der Waals surface area (Å²) in [5.74, 6) is -1.16. The fourth-order valence-corrected chi connectivity index (χ4v) is 4.14. The zero-order valence-corrected chi connectivity index (χ0v) is 18.5. The normalized spacial score (nSPS) is 25.8. The molecular formula is C21H26ClF4N3O4. The molecule has 1 aliphatic heterocycles. The van der Waals surface area contributed by atoms with Crippen molar-refractivity contribution in [3.8, 4) is 5.75 Å². The van der Waals surface area contributed by atoms with Crippen LogP contribution >= 0.6 is 11.6 Å². The predicted molar refractivity (Wildman–Crippen MR) is 111 cm³/mol. The Labute approximate surface area is 193 Å². The van der Waals surface area contributed by atoms with E-state index in [4.69, 9.17) is 16.3 Å². The van der Waals surface area contributed by atoms with Crippen molar-refractivity contribution in [1.82, 2.24) is 16.0 Å². The van der Waals surface area contributed by atoms with Gasteiger partial charge in [0.25, 0.3) is 5.91 Å². The number of hydrogen-bond donors (Lipinski definition) is 3. The molecule has 2 unspecified atom stereocenters. The molecular weight excluding hydrogens is 470 g/mol.